The van der Waals surface area contributed by atoms with Crippen LogP contribution in [0.3, 0.4) is 0 Å². The van der Waals surface area contributed by atoms with Crippen molar-refractivity contribution in [2.24, 2.45) is 32.9 Å². The first-order valence-electron chi connectivity index (χ1n) is 8.26. The molecule has 0 atom stereocenters. The van der Waals surface area contributed by atoms with Crippen molar-refractivity contribution in [1.82, 2.24) is 0 Å². The van der Waals surface area contributed by atoms with Crippen LogP contribution in [0.4, 0.5) is 0 Å². The molecule has 1 rings (SSSR count). The van der Waals surface area contributed by atoms with Gasteiger partial charge >= 0.3 is 0 Å². The maximum Gasteiger partial charge on any atom is 0.185 e. The van der Waals surface area contributed by atoms with E-state index in [0.29, 0.717) is 6.54 Å². The minimum Gasteiger partial charge on any atom is -0.370 e. The molecule has 0 fully saturated rings. The second kappa shape index (κ2) is 16.3. The predicted octanol–water partition coefficient (Wildman–Crippen LogP) is 2.56. The largest absolute Gasteiger partial charge is 0.370 e. The summed E-state index contributed by atoms with van der Waals surface area (Å²) in [7, 11) is 0. The van der Waals surface area contributed by atoms with Crippen LogP contribution in [0.15, 0.2) is 22.1 Å². The van der Waals surface area contributed by atoms with Crippen molar-refractivity contribution >= 4 is 48.1 Å². The number of aryl methyl sites for hydroxylation is 2. The Balaban J connectivity index is 0. The van der Waals surface area contributed by atoms with Gasteiger partial charge in [-0.2, -0.15) is 0 Å². The highest BCUT2D eigenvalue weighted by molar-refractivity contribution is 7.11. The van der Waals surface area contributed by atoms with Crippen molar-refractivity contribution in [2.45, 2.75) is 51.4 Å². The van der Waals surface area contributed by atoms with Gasteiger partial charge in [-0.1, -0.05) is 19.3 Å². The van der Waals surface area contributed by atoms with E-state index < -0.39 is 0 Å². The lowest BCUT2D eigenvalue weighted by Gasteiger charge is -2.00. The lowest BCUT2D eigenvalue weighted by Crippen LogP contribution is -2.23. The van der Waals surface area contributed by atoms with Gasteiger partial charge in [-0.05, 0) is 44.2 Å². The van der Waals surface area contributed by atoms with E-state index in [1.807, 2.05) is 11.3 Å². The van der Waals surface area contributed by atoms with Crippen LogP contribution in [-0.4, -0.2) is 25.0 Å². The summed E-state index contributed by atoms with van der Waals surface area (Å²) in [6.45, 7) is 1.45. The number of unbranched alkanes of at least 4 members (excludes halogenated alkanes) is 4. The topological polar surface area (TPSA) is 129 Å². The fourth-order valence-electron chi connectivity index (χ4n) is 2.30. The fraction of sp³-hybridized carbons (Fsp3) is 0.625. The third-order valence-electron chi connectivity index (χ3n) is 3.47. The average molecular weight is 411 g/mol. The van der Waals surface area contributed by atoms with Gasteiger partial charge < -0.3 is 22.9 Å². The highest BCUT2D eigenvalue weighted by Crippen LogP contribution is 2.20. The summed E-state index contributed by atoms with van der Waals surface area (Å²) in [5.74, 6) is 0.368. The second-order valence-electron chi connectivity index (χ2n) is 5.60. The Labute approximate surface area is 167 Å². The Morgan fingerprint density at radius 2 is 1.12 bits per heavy atom. The monoisotopic (exact) mass is 410 g/mol. The van der Waals surface area contributed by atoms with Gasteiger partial charge in [0.15, 0.2) is 11.9 Å². The summed E-state index contributed by atoms with van der Waals surface area (Å²) in [5.41, 5.74) is 21.2. The molecule has 8 N–H and O–H groups in total. The molecule has 0 saturated heterocycles. The highest BCUT2D eigenvalue weighted by Gasteiger charge is 2.01. The molecular formula is C16H32Cl2N6S. The van der Waals surface area contributed by atoms with Gasteiger partial charge in [-0.3, -0.25) is 9.98 Å². The third-order valence-corrected chi connectivity index (χ3v) is 4.67. The Morgan fingerprint density at radius 1 is 0.680 bits per heavy atom. The smallest absolute Gasteiger partial charge is 0.185 e. The SMILES string of the molecule is Cl.Cl.NC(N)=NCCCCCCCc1ccc(CCCN=C(N)N)s1. The van der Waals surface area contributed by atoms with Crippen LogP contribution in [0.5, 0.6) is 0 Å². The van der Waals surface area contributed by atoms with Crippen LogP contribution < -0.4 is 22.9 Å². The molecule has 1 aromatic rings. The highest BCUT2D eigenvalue weighted by atomic mass is 35.5. The summed E-state index contributed by atoms with van der Waals surface area (Å²) in [6, 6.07) is 4.48. The molecule has 0 aliphatic rings. The lowest BCUT2D eigenvalue weighted by atomic mass is 10.1. The van der Waals surface area contributed by atoms with Gasteiger partial charge in [-0.15, -0.1) is 36.2 Å². The number of halogens is 2. The third kappa shape index (κ3) is 14.8. The summed E-state index contributed by atoms with van der Waals surface area (Å²) < 4.78 is 0. The molecule has 0 amide bonds. The molecule has 9 heteroatoms. The first-order valence-corrected chi connectivity index (χ1v) is 9.08. The second-order valence-corrected chi connectivity index (χ2v) is 6.86. The van der Waals surface area contributed by atoms with E-state index in [9.17, 15) is 0 Å². The molecule has 1 heterocycles. The summed E-state index contributed by atoms with van der Waals surface area (Å²) in [6.07, 6.45) is 9.23. The minimum absolute atomic E-state index is 0. The molecule has 1 aromatic heterocycles. The number of nitrogens with two attached hydrogens (primary N) is 4. The van der Waals surface area contributed by atoms with Gasteiger partial charge in [0.05, 0.1) is 0 Å². The van der Waals surface area contributed by atoms with Gasteiger partial charge in [-0.25, -0.2) is 0 Å². The van der Waals surface area contributed by atoms with E-state index in [2.05, 4.69) is 22.1 Å². The van der Waals surface area contributed by atoms with Gasteiger partial charge in [0.25, 0.3) is 0 Å². The van der Waals surface area contributed by atoms with Crippen LogP contribution in [0.1, 0.15) is 48.3 Å². The molecule has 25 heavy (non-hydrogen) atoms. The zero-order valence-electron chi connectivity index (χ0n) is 14.7. The lowest BCUT2D eigenvalue weighted by molar-refractivity contribution is 0.620. The Morgan fingerprint density at radius 3 is 1.68 bits per heavy atom. The number of aliphatic imine (C=N–C) groups is 2. The predicted molar refractivity (Wildman–Crippen MR) is 115 cm³/mol. The van der Waals surface area contributed by atoms with E-state index in [1.54, 1.807) is 0 Å². The molecule has 6 nitrogen and oxygen atoms in total. The van der Waals surface area contributed by atoms with Crippen molar-refractivity contribution < 1.29 is 0 Å². The zero-order chi connectivity index (χ0) is 16.9. The number of guanidine groups is 2. The number of hydrogen-bond acceptors (Lipinski definition) is 3. The van der Waals surface area contributed by atoms with E-state index in [1.165, 1.54) is 41.9 Å². The van der Waals surface area contributed by atoms with Crippen molar-refractivity contribution in [3.63, 3.8) is 0 Å². The van der Waals surface area contributed by atoms with Crippen molar-refractivity contribution in [3.05, 3.63) is 21.9 Å². The molecule has 0 unspecified atom stereocenters. The van der Waals surface area contributed by atoms with E-state index in [4.69, 9.17) is 22.9 Å². The molecule has 0 saturated carbocycles. The summed E-state index contributed by atoms with van der Waals surface area (Å²) >= 11 is 1.91. The van der Waals surface area contributed by atoms with Crippen LogP contribution in [0.25, 0.3) is 0 Å². The van der Waals surface area contributed by atoms with Crippen LogP contribution in [0.2, 0.25) is 0 Å². The minimum atomic E-state index is 0. The maximum absolute atomic E-state index is 5.31. The number of thiophene rings is 1. The molecule has 0 bridgehead atoms. The van der Waals surface area contributed by atoms with Gasteiger partial charge in [0, 0.05) is 22.8 Å². The van der Waals surface area contributed by atoms with Gasteiger partial charge in [0.2, 0.25) is 0 Å². The quantitative estimate of drug-likeness (QED) is 0.239. The summed E-state index contributed by atoms with van der Waals surface area (Å²) in [4.78, 5) is 10.9. The van der Waals surface area contributed by atoms with Crippen LogP contribution in [0, 0.1) is 0 Å². The van der Waals surface area contributed by atoms with Crippen molar-refractivity contribution in [1.29, 1.82) is 0 Å². The van der Waals surface area contributed by atoms with E-state index in [-0.39, 0.29) is 36.7 Å². The molecule has 0 aliphatic carbocycles. The molecular weight excluding hydrogens is 379 g/mol. The zero-order valence-corrected chi connectivity index (χ0v) is 17.1. The average Bonchev–Trinajstić information content (AvgIpc) is 2.94. The Hall–Kier alpha value is -1.18. The number of rotatable bonds is 12. The Kier molecular flexibility index (Phi) is 17.0. The number of nitrogens with zero attached hydrogens (tertiary/aromatic N) is 2. The first-order chi connectivity index (χ1) is 11.1. The normalized spacial score (nSPS) is 9.60. The molecule has 146 valence electrons. The van der Waals surface area contributed by atoms with Crippen LogP contribution in [-0.2, 0) is 12.8 Å². The molecule has 0 radical (unpaired) electrons. The Bertz CT molecular complexity index is 497. The van der Waals surface area contributed by atoms with Crippen LogP contribution >= 0.6 is 36.2 Å². The maximum atomic E-state index is 5.31. The molecule has 0 aliphatic heterocycles. The first kappa shape index (κ1) is 26.1. The fourth-order valence-corrected chi connectivity index (χ4v) is 3.40. The number of hydrogen-bond donors (Lipinski definition) is 4. The van der Waals surface area contributed by atoms with E-state index in [0.717, 1.165) is 25.8 Å². The molecule has 0 aromatic carbocycles. The summed E-state index contributed by atoms with van der Waals surface area (Å²) in [5, 5.41) is 0. The van der Waals surface area contributed by atoms with E-state index >= 15 is 0 Å². The van der Waals surface area contributed by atoms with Crippen molar-refractivity contribution in [3.8, 4) is 0 Å². The molecule has 0 spiro atoms. The van der Waals surface area contributed by atoms with Crippen molar-refractivity contribution in [2.75, 3.05) is 13.1 Å². The standard InChI is InChI=1S/C16H30N6S.2ClH/c17-15(18)21-11-5-3-1-2-4-7-13-9-10-14(23-13)8-6-12-22-16(19)20;;/h9-10H,1-8,11-12H2,(H4,17,18,21)(H4,19,20,22);2*1H. The van der Waals surface area contributed by atoms with Gasteiger partial charge in [0.1, 0.15) is 0 Å².